The molecular formula is C32H39N3O5. The van der Waals surface area contributed by atoms with Gasteiger partial charge in [-0.3, -0.25) is 9.69 Å². The van der Waals surface area contributed by atoms with Crippen molar-refractivity contribution in [1.29, 1.82) is 0 Å². The highest BCUT2D eigenvalue weighted by Crippen LogP contribution is 2.64. The number of carbonyl (C=O) groups is 2. The van der Waals surface area contributed by atoms with Crippen molar-refractivity contribution in [2.24, 2.45) is 23.7 Å². The average Bonchev–Trinajstić information content (AvgIpc) is 3.23. The zero-order valence-corrected chi connectivity index (χ0v) is 23.8. The standard InChI is InChI=1S/C32H39N3O5/c1-6-17-16-35-10-9-32-23-12-21(28-18(7-2)19-8-11-40-30(36)22(19)15-33-28)26(38-4)14-24(23)34(3)29(32)25(35)13-20(17)27(32)31(37)39-5/h6-7,12,14-15,18-20,25,27-29,33H,2,8-11,13,16H2,1,3-5H3. The number of nitrogens with zero attached hydrogens (tertiary/aromatic N) is 2. The number of carbonyl (C=O) groups excluding carboxylic acids is 2. The minimum absolute atomic E-state index is 0.00848. The van der Waals surface area contributed by atoms with Gasteiger partial charge in [0.15, 0.2) is 0 Å². The van der Waals surface area contributed by atoms with Crippen LogP contribution in [-0.2, 0) is 24.5 Å². The molecule has 0 spiro atoms. The lowest BCUT2D eigenvalue weighted by Crippen LogP contribution is -2.72. The summed E-state index contributed by atoms with van der Waals surface area (Å²) in [7, 11) is 5.43. The lowest BCUT2D eigenvalue weighted by Gasteiger charge is -2.63. The first kappa shape index (κ1) is 25.7. The molecule has 3 saturated heterocycles. The number of nitrogens with one attached hydrogen (secondary N) is 1. The second-order valence-electron chi connectivity index (χ2n) is 12.3. The van der Waals surface area contributed by atoms with Crippen molar-refractivity contribution in [3.63, 3.8) is 0 Å². The first-order valence-corrected chi connectivity index (χ1v) is 14.6. The molecule has 5 aliphatic heterocycles. The number of rotatable bonds is 4. The van der Waals surface area contributed by atoms with Crippen LogP contribution in [0.5, 0.6) is 5.75 Å². The van der Waals surface area contributed by atoms with Crippen LogP contribution in [0.1, 0.15) is 43.4 Å². The number of benzene rings is 1. The third-order valence-electron chi connectivity index (χ3n) is 11.1. The number of methoxy groups -OCH3 is 2. The SMILES string of the molecule is C=CC1C2CCOC(=O)C2=CNC1c1cc2c(cc1OC)N(C)C1C3CC4C(=CC)CN3CCC21C4C(=O)OC. The van der Waals surface area contributed by atoms with Crippen molar-refractivity contribution >= 4 is 17.6 Å². The number of esters is 2. The van der Waals surface area contributed by atoms with Gasteiger partial charge in [-0.1, -0.05) is 17.7 Å². The second kappa shape index (κ2) is 9.13. The van der Waals surface area contributed by atoms with E-state index >= 15 is 0 Å². The molecule has 1 aromatic carbocycles. The highest BCUT2D eigenvalue weighted by atomic mass is 16.5. The van der Waals surface area contributed by atoms with Crippen LogP contribution in [-0.4, -0.2) is 69.9 Å². The number of fused-ring (bicyclic) bond motifs is 3. The number of hydrogen-bond donors (Lipinski definition) is 1. The van der Waals surface area contributed by atoms with Gasteiger partial charge in [0.05, 0.1) is 44.4 Å². The summed E-state index contributed by atoms with van der Waals surface area (Å²) in [5.74, 6) is 0.412. The number of cyclic esters (lactones) is 1. The summed E-state index contributed by atoms with van der Waals surface area (Å²) in [6, 6.07) is 4.92. The van der Waals surface area contributed by atoms with E-state index in [1.807, 2.05) is 12.3 Å². The van der Waals surface area contributed by atoms with Crippen molar-refractivity contribution in [2.45, 2.75) is 49.7 Å². The lowest BCUT2D eigenvalue weighted by molar-refractivity contribution is -0.158. The van der Waals surface area contributed by atoms with Crippen molar-refractivity contribution in [3.05, 3.63) is 59.3 Å². The van der Waals surface area contributed by atoms with Gasteiger partial charge in [-0.05, 0) is 50.3 Å². The molecule has 8 heteroatoms. The lowest BCUT2D eigenvalue weighted by atomic mass is 9.50. The van der Waals surface area contributed by atoms with E-state index in [0.717, 1.165) is 49.4 Å². The predicted molar refractivity (Wildman–Crippen MR) is 151 cm³/mol. The van der Waals surface area contributed by atoms with Gasteiger partial charge in [-0.25, -0.2) is 4.79 Å². The van der Waals surface area contributed by atoms with Crippen molar-refractivity contribution in [2.75, 3.05) is 45.9 Å². The zero-order valence-electron chi connectivity index (χ0n) is 23.8. The average molecular weight is 546 g/mol. The van der Waals surface area contributed by atoms with E-state index in [4.69, 9.17) is 14.2 Å². The molecule has 1 saturated carbocycles. The van der Waals surface area contributed by atoms with Gasteiger partial charge >= 0.3 is 11.9 Å². The van der Waals surface area contributed by atoms with Crippen molar-refractivity contribution < 1.29 is 23.8 Å². The second-order valence-corrected chi connectivity index (χ2v) is 12.3. The van der Waals surface area contributed by atoms with Gasteiger partial charge in [-0.2, -0.15) is 0 Å². The molecule has 0 aromatic heterocycles. The van der Waals surface area contributed by atoms with Crippen LogP contribution < -0.4 is 15.0 Å². The Labute approximate surface area is 236 Å². The molecule has 7 rings (SSSR count). The Kier molecular flexibility index (Phi) is 5.86. The minimum Gasteiger partial charge on any atom is -0.496 e. The molecule has 1 aromatic rings. The zero-order chi connectivity index (χ0) is 27.9. The van der Waals surface area contributed by atoms with Gasteiger partial charge in [-0.15, -0.1) is 6.58 Å². The monoisotopic (exact) mass is 545 g/mol. The fourth-order valence-corrected chi connectivity index (χ4v) is 9.52. The Hall–Kier alpha value is -3.26. The Bertz CT molecular complexity index is 1350. The number of allylic oxidation sites excluding steroid dienone is 1. The van der Waals surface area contributed by atoms with Crippen molar-refractivity contribution in [3.8, 4) is 5.75 Å². The topological polar surface area (TPSA) is 80.3 Å². The van der Waals surface area contributed by atoms with E-state index in [-0.39, 0.29) is 53.1 Å². The fraction of sp³-hybridized carbons (Fsp3) is 0.562. The smallest absolute Gasteiger partial charge is 0.335 e. The van der Waals surface area contributed by atoms with Crippen LogP contribution in [0.2, 0.25) is 0 Å². The summed E-state index contributed by atoms with van der Waals surface area (Å²) in [5, 5.41) is 3.52. The van der Waals surface area contributed by atoms with Crippen LogP contribution in [0.3, 0.4) is 0 Å². The quantitative estimate of drug-likeness (QED) is 0.455. The van der Waals surface area contributed by atoms with Gasteiger partial charge in [0.25, 0.3) is 0 Å². The van der Waals surface area contributed by atoms with E-state index in [1.165, 1.54) is 18.2 Å². The Morgan fingerprint density at radius 1 is 1.27 bits per heavy atom. The molecule has 1 N–H and O–H groups in total. The van der Waals surface area contributed by atoms with Crippen LogP contribution in [0.4, 0.5) is 5.69 Å². The van der Waals surface area contributed by atoms with Gasteiger partial charge in [0.2, 0.25) is 0 Å². The summed E-state index contributed by atoms with van der Waals surface area (Å²) < 4.78 is 16.9. The largest absolute Gasteiger partial charge is 0.496 e. The van der Waals surface area contributed by atoms with Crippen LogP contribution >= 0.6 is 0 Å². The summed E-state index contributed by atoms with van der Waals surface area (Å²) >= 11 is 0. The van der Waals surface area contributed by atoms with E-state index in [1.54, 1.807) is 7.11 Å². The molecule has 8 nitrogen and oxygen atoms in total. The fourth-order valence-electron chi connectivity index (χ4n) is 9.52. The molecule has 8 unspecified atom stereocenters. The minimum atomic E-state index is -0.356. The van der Waals surface area contributed by atoms with Crippen molar-refractivity contribution in [1.82, 2.24) is 10.2 Å². The third-order valence-corrected chi connectivity index (χ3v) is 11.1. The molecule has 0 radical (unpaired) electrons. The molecule has 212 valence electrons. The molecule has 1 aliphatic carbocycles. The summed E-state index contributed by atoms with van der Waals surface area (Å²) in [6.45, 7) is 8.59. The van der Waals surface area contributed by atoms with Crippen LogP contribution in [0, 0.1) is 23.7 Å². The maximum absolute atomic E-state index is 13.8. The number of likely N-dealkylation sites (N-methyl/N-ethyl adjacent to an activating group) is 1. The summed E-state index contributed by atoms with van der Waals surface area (Å²) in [6.07, 6.45) is 8.67. The van der Waals surface area contributed by atoms with Gasteiger partial charge < -0.3 is 24.4 Å². The molecule has 5 heterocycles. The Balaban J connectivity index is 1.41. The molecule has 8 atom stereocenters. The summed E-state index contributed by atoms with van der Waals surface area (Å²) in [4.78, 5) is 31.3. The maximum atomic E-state index is 13.8. The molecular weight excluding hydrogens is 506 g/mol. The normalized spacial score (nSPS) is 38.5. The molecule has 40 heavy (non-hydrogen) atoms. The van der Waals surface area contributed by atoms with Crippen LogP contribution in [0.25, 0.3) is 0 Å². The van der Waals surface area contributed by atoms with E-state index in [0.29, 0.717) is 18.2 Å². The molecule has 0 amide bonds. The maximum Gasteiger partial charge on any atom is 0.335 e. The van der Waals surface area contributed by atoms with Gasteiger partial charge in [0.1, 0.15) is 5.75 Å². The van der Waals surface area contributed by atoms with Crippen LogP contribution in [0.15, 0.2) is 48.2 Å². The van der Waals surface area contributed by atoms with E-state index in [9.17, 15) is 9.59 Å². The van der Waals surface area contributed by atoms with E-state index < -0.39 is 0 Å². The summed E-state index contributed by atoms with van der Waals surface area (Å²) in [5.41, 5.74) is 5.08. The number of piperidine rings is 2. The van der Waals surface area contributed by atoms with E-state index in [2.05, 4.69) is 53.9 Å². The first-order valence-electron chi connectivity index (χ1n) is 14.6. The Morgan fingerprint density at radius 2 is 2.10 bits per heavy atom. The highest BCUT2D eigenvalue weighted by Gasteiger charge is 2.68. The molecule has 4 fully saturated rings. The third kappa shape index (κ3) is 3.17. The number of ether oxygens (including phenoxy) is 3. The van der Waals surface area contributed by atoms with Gasteiger partial charge in [0, 0.05) is 60.4 Å². The number of anilines is 1. The highest BCUT2D eigenvalue weighted by molar-refractivity contribution is 5.90. The molecule has 3 bridgehead atoms. The predicted octanol–water partition coefficient (Wildman–Crippen LogP) is 3.49. The Morgan fingerprint density at radius 3 is 2.83 bits per heavy atom. The molecule has 6 aliphatic rings. The number of hydrogen-bond acceptors (Lipinski definition) is 8. The first-order chi connectivity index (χ1) is 19.4.